The van der Waals surface area contributed by atoms with Crippen LogP contribution in [0.1, 0.15) is 52.7 Å². The Balaban J connectivity index is 2.04. The molecule has 0 saturated carbocycles. The maximum atomic E-state index is 6.77. The van der Waals surface area contributed by atoms with E-state index in [1.165, 1.54) is 32.9 Å². The molecule has 0 atom stereocenters. The molecule has 0 unspecified atom stereocenters. The minimum Gasteiger partial charge on any atom is -0.308 e. The lowest BCUT2D eigenvalue weighted by Gasteiger charge is -2.19. The van der Waals surface area contributed by atoms with Crippen LogP contribution in [-0.4, -0.2) is 4.40 Å². The average Bonchev–Trinajstić information content (AvgIpc) is 3.11. The van der Waals surface area contributed by atoms with E-state index in [1.54, 1.807) is 0 Å². The summed E-state index contributed by atoms with van der Waals surface area (Å²) in [6.45, 7) is 13.5. The lowest BCUT2D eigenvalue weighted by molar-refractivity contribution is 0.591. The van der Waals surface area contributed by atoms with E-state index in [9.17, 15) is 0 Å². The Hall–Kier alpha value is -1.96. The molecule has 0 aliphatic heterocycles. The number of nitrogens with zero attached hydrogens (tertiary/aromatic N) is 1. The topological polar surface area (TPSA) is 4.41 Å². The summed E-state index contributed by atoms with van der Waals surface area (Å²) in [6.07, 6.45) is 0. The fourth-order valence-corrected chi connectivity index (χ4v) is 5.17. The Morgan fingerprint density at radius 1 is 0.621 bits per heavy atom. The van der Waals surface area contributed by atoms with Crippen LogP contribution in [0.5, 0.6) is 0 Å². The molecule has 3 heteroatoms. The third kappa shape index (κ3) is 2.60. The summed E-state index contributed by atoms with van der Waals surface area (Å²) in [5, 5.41) is 6.02. The van der Waals surface area contributed by atoms with E-state index in [0.717, 1.165) is 16.3 Å². The van der Waals surface area contributed by atoms with Crippen molar-refractivity contribution in [3.63, 3.8) is 0 Å². The highest BCUT2D eigenvalue weighted by Gasteiger charge is 2.24. The highest BCUT2D eigenvalue weighted by atomic mass is 35.5. The first kappa shape index (κ1) is 19.0. The van der Waals surface area contributed by atoms with Gasteiger partial charge in [-0.25, -0.2) is 0 Å². The van der Waals surface area contributed by atoms with Crippen molar-refractivity contribution in [2.45, 2.75) is 52.4 Å². The van der Waals surface area contributed by atoms with Crippen LogP contribution < -0.4 is 0 Å². The third-order valence-electron chi connectivity index (χ3n) is 6.17. The first-order chi connectivity index (χ1) is 13.5. The predicted molar refractivity (Wildman–Crippen MR) is 129 cm³/mol. The molecule has 0 fully saturated rings. The predicted octanol–water partition coefficient (Wildman–Crippen LogP) is 8.74. The van der Waals surface area contributed by atoms with Crippen molar-refractivity contribution in [2.24, 2.45) is 0 Å². The maximum absolute atomic E-state index is 6.77. The second-order valence-electron chi connectivity index (χ2n) is 10.2. The number of halogens is 2. The number of benzene rings is 3. The molecule has 2 heterocycles. The number of fused-ring (bicyclic) bond motifs is 6. The zero-order valence-corrected chi connectivity index (χ0v) is 19.3. The van der Waals surface area contributed by atoms with E-state index < -0.39 is 0 Å². The van der Waals surface area contributed by atoms with Crippen molar-refractivity contribution < 1.29 is 0 Å². The molecule has 148 valence electrons. The lowest BCUT2D eigenvalue weighted by Crippen LogP contribution is -2.10. The van der Waals surface area contributed by atoms with Gasteiger partial charge in [0, 0.05) is 21.5 Å². The fraction of sp³-hybridized carbons (Fsp3) is 0.308. The van der Waals surface area contributed by atoms with Crippen molar-refractivity contribution in [3.05, 3.63) is 63.6 Å². The molecule has 0 radical (unpaired) electrons. The van der Waals surface area contributed by atoms with Crippen LogP contribution in [-0.2, 0) is 10.8 Å². The molecule has 0 saturated heterocycles. The molecule has 2 aromatic heterocycles. The van der Waals surface area contributed by atoms with Crippen molar-refractivity contribution in [1.29, 1.82) is 0 Å². The Morgan fingerprint density at radius 3 is 1.41 bits per heavy atom. The Kier molecular flexibility index (Phi) is 3.81. The molecule has 0 N–H and O–H groups in total. The number of rotatable bonds is 0. The standard InChI is InChI=1S/C26H25Cl2N/c1-25(2,3)14-7-9-20-16(11-14)22-18(27)13-19(28)23-17-12-15(26(4,5)6)8-10-21(17)29(20)24(22)23/h7-13H,1-6H3. The van der Waals surface area contributed by atoms with Crippen molar-refractivity contribution >= 4 is 61.3 Å². The molecule has 0 amide bonds. The maximum Gasteiger partial charge on any atom is 0.0650 e. The molecule has 0 aliphatic rings. The zero-order chi connectivity index (χ0) is 20.9. The van der Waals surface area contributed by atoms with Crippen molar-refractivity contribution in [3.8, 4) is 0 Å². The van der Waals surface area contributed by atoms with Crippen LogP contribution in [0.2, 0.25) is 10.0 Å². The number of hydrogen-bond acceptors (Lipinski definition) is 0. The number of hydrogen-bond donors (Lipinski definition) is 0. The van der Waals surface area contributed by atoms with Gasteiger partial charge >= 0.3 is 0 Å². The Labute approximate surface area is 181 Å². The smallest absolute Gasteiger partial charge is 0.0650 e. The summed E-state index contributed by atoms with van der Waals surface area (Å²) in [5.41, 5.74) is 6.26. The third-order valence-corrected chi connectivity index (χ3v) is 6.77. The molecule has 29 heavy (non-hydrogen) atoms. The van der Waals surface area contributed by atoms with E-state index >= 15 is 0 Å². The second kappa shape index (κ2) is 5.80. The molecule has 1 nitrogen and oxygen atoms in total. The molecule has 0 aliphatic carbocycles. The average molecular weight is 422 g/mol. The molecule has 0 spiro atoms. The normalized spacial score (nSPS) is 13.5. The van der Waals surface area contributed by atoms with Crippen molar-refractivity contribution in [2.75, 3.05) is 0 Å². The van der Waals surface area contributed by atoms with E-state index in [-0.39, 0.29) is 10.8 Å². The van der Waals surface area contributed by atoms with Gasteiger partial charge in [-0.2, -0.15) is 0 Å². The van der Waals surface area contributed by atoms with Gasteiger partial charge in [-0.05, 0) is 52.3 Å². The van der Waals surface area contributed by atoms with E-state index in [0.29, 0.717) is 10.0 Å². The van der Waals surface area contributed by atoms with Crippen LogP contribution in [0, 0.1) is 0 Å². The van der Waals surface area contributed by atoms with Gasteiger partial charge in [0.1, 0.15) is 0 Å². The summed E-state index contributed by atoms with van der Waals surface area (Å²) < 4.78 is 2.34. The molecule has 0 bridgehead atoms. The minimum absolute atomic E-state index is 0.0774. The van der Waals surface area contributed by atoms with Gasteiger partial charge < -0.3 is 4.40 Å². The summed E-state index contributed by atoms with van der Waals surface area (Å²) in [4.78, 5) is 0. The summed E-state index contributed by atoms with van der Waals surface area (Å²) in [5.74, 6) is 0. The number of aromatic nitrogens is 1. The van der Waals surface area contributed by atoms with E-state index in [1.807, 2.05) is 6.07 Å². The quantitative estimate of drug-likeness (QED) is 0.235. The van der Waals surface area contributed by atoms with Crippen LogP contribution >= 0.6 is 23.2 Å². The Morgan fingerprint density at radius 2 is 1.03 bits per heavy atom. The zero-order valence-electron chi connectivity index (χ0n) is 17.7. The molecule has 5 aromatic rings. The van der Waals surface area contributed by atoms with Gasteiger partial charge in [0.2, 0.25) is 0 Å². The molecular weight excluding hydrogens is 397 g/mol. The van der Waals surface area contributed by atoms with Crippen molar-refractivity contribution in [1.82, 2.24) is 4.40 Å². The summed E-state index contributed by atoms with van der Waals surface area (Å²) in [7, 11) is 0. The van der Waals surface area contributed by atoms with Gasteiger partial charge in [-0.3, -0.25) is 0 Å². The summed E-state index contributed by atoms with van der Waals surface area (Å²) >= 11 is 13.5. The van der Waals surface area contributed by atoms with Gasteiger partial charge in [0.05, 0.1) is 26.6 Å². The van der Waals surface area contributed by atoms with Crippen LogP contribution in [0.3, 0.4) is 0 Å². The first-order valence-electron chi connectivity index (χ1n) is 10.1. The minimum atomic E-state index is 0.0774. The Bertz CT molecular complexity index is 1320. The SMILES string of the molecule is CC(C)(C)c1ccc2c(c1)c1c(Cl)cc(Cl)c3c4cc(C(C)(C)C)ccc4n2c13. The molecular formula is C26H25Cl2N. The first-order valence-corrected chi connectivity index (χ1v) is 10.9. The van der Waals surface area contributed by atoms with Crippen LogP contribution in [0.25, 0.3) is 38.1 Å². The highest BCUT2D eigenvalue weighted by molar-refractivity contribution is 6.46. The summed E-state index contributed by atoms with van der Waals surface area (Å²) in [6, 6.07) is 15.4. The monoisotopic (exact) mass is 421 g/mol. The molecule has 3 aromatic carbocycles. The van der Waals surface area contributed by atoms with E-state index in [2.05, 4.69) is 82.3 Å². The fourth-order valence-electron chi connectivity index (χ4n) is 4.51. The van der Waals surface area contributed by atoms with Gasteiger partial charge in [-0.1, -0.05) is 76.9 Å². The highest BCUT2D eigenvalue weighted by Crippen LogP contribution is 2.46. The molecule has 5 rings (SSSR count). The van der Waals surface area contributed by atoms with Crippen LogP contribution in [0.15, 0.2) is 42.5 Å². The van der Waals surface area contributed by atoms with Gasteiger partial charge in [-0.15, -0.1) is 0 Å². The lowest BCUT2D eigenvalue weighted by atomic mass is 9.86. The largest absolute Gasteiger partial charge is 0.308 e. The van der Waals surface area contributed by atoms with Gasteiger partial charge in [0.25, 0.3) is 0 Å². The van der Waals surface area contributed by atoms with Gasteiger partial charge in [0.15, 0.2) is 0 Å². The second-order valence-corrected chi connectivity index (χ2v) is 11.1. The van der Waals surface area contributed by atoms with Crippen LogP contribution in [0.4, 0.5) is 0 Å². The van der Waals surface area contributed by atoms with E-state index in [4.69, 9.17) is 23.2 Å².